The molecule has 1 N–H and O–H groups in total. The highest BCUT2D eigenvalue weighted by molar-refractivity contribution is 8.01. The van der Waals surface area contributed by atoms with Crippen LogP contribution in [0.15, 0.2) is 72.4 Å². The first-order valence-electron chi connectivity index (χ1n) is 8.46. The zero-order chi connectivity index (χ0) is 17.3. The summed E-state index contributed by atoms with van der Waals surface area (Å²) < 4.78 is 5.94. The van der Waals surface area contributed by atoms with E-state index in [1.54, 1.807) is 18.0 Å². The fourth-order valence-corrected chi connectivity index (χ4v) is 3.36. The van der Waals surface area contributed by atoms with E-state index in [4.69, 9.17) is 4.74 Å². The molecule has 2 aromatic carbocycles. The van der Waals surface area contributed by atoms with Gasteiger partial charge in [0.15, 0.2) is 0 Å². The summed E-state index contributed by atoms with van der Waals surface area (Å²) in [6.07, 6.45) is 4.61. The molecule has 0 fully saturated rings. The fraction of sp³-hybridized carbons (Fsp3) is 0.190. The van der Waals surface area contributed by atoms with Crippen molar-refractivity contribution in [2.75, 3.05) is 6.61 Å². The van der Waals surface area contributed by atoms with Crippen LogP contribution < -0.4 is 4.74 Å². The van der Waals surface area contributed by atoms with Gasteiger partial charge < -0.3 is 9.72 Å². The summed E-state index contributed by atoms with van der Waals surface area (Å²) in [5.74, 6) is 2.67. The van der Waals surface area contributed by atoms with Gasteiger partial charge in [-0.15, -0.1) is 11.8 Å². The summed E-state index contributed by atoms with van der Waals surface area (Å²) in [5, 5.41) is 2.17. The number of imidazole rings is 1. The smallest absolute Gasteiger partial charge is 0.138 e. The highest BCUT2D eigenvalue weighted by Gasteiger charge is 2.13. The first kappa shape index (κ1) is 17.4. The molecule has 0 atom stereocenters. The SMILES string of the molecule is CCCOc1ccccc1C(=CSCc1ccccc1)c1ncc[nH]1. The predicted octanol–water partition coefficient (Wildman–Crippen LogP) is 5.52. The number of hydrogen-bond acceptors (Lipinski definition) is 3. The van der Waals surface area contributed by atoms with Crippen LogP contribution in [-0.4, -0.2) is 16.6 Å². The van der Waals surface area contributed by atoms with Gasteiger partial charge in [0.05, 0.1) is 6.61 Å². The number of aromatic nitrogens is 2. The minimum Gasteiger partial charge on any atom is -0.493 e. The van der Waals surface area contributed by atoms with Crippen molar-refractivity contribution in [1.82, 2.24) is 9.97 Å². The predicted molar refractivity (Wildman–Crippen MR) is 106 cm³/mol. The van der Waals surface area contributed by atoms with E-state index in [-0.39, 0.29) is 0 Å². The van der Waals surface area contributed by atoms with Crippen molar-refractivity contribution in [3.05, 3.63) is 89.4 Å². The highest BCUT2D eigenvalue weighted by Crippen LogP contribution is 2.32. The van der Waals surface area contributed by atoms with Crippen molar-refractivity contribution in [2.45, 2.75) is 19.1 Å². The highest BCUT2D eigenvalue weighted by atomic mass is 32.2. The molecule has 128 valence electrons. The number of hydrogen-bond donors (Lipinski definition) is 1. The summed E-state index contributed by atoms with van der Waals surface area (Å²) in [4.78, 5) is 7.67. The second-order valence-electron chi connectivity index (χ2n) is 5.61. The molecule has 0 bridgehead atoms. The van der Waals surface area contributed by atoms with E-state index in [1.807, 2.05) is 30.5 Å². The van der Waals surface area contributed by atoms with E-state index < -0.39 is 0 Å². The molecule has 3 nitrogen and oxygen atoms in total. The Kier molecular flexibility index (Phi) is 6.35. The lowest BCUT2D eigenvalue weighted by atomic mass is 10.1. The van der Waals surface area contributed by atoms with Crippen LogP contribution in [0.5, 0.6) is 5.75 Å². The zero-order valence-electron chi connectivity index (χ0n) is 14.3. The third-order valence-corrected chi connectivity index (χ3v) is 4.59. The van der Waals surface area contributed by atoms with Crippen LogP contribution >= 0.6 is 11.8 Å². The Labute approximate surface area is 153 Å². The van der Waals surface area contributed by atoms with Gasteiger partial charge in [0.2, 0.25) is 0 Å². The molecule has 0 aliphatic heterocycles. The number of nitrogens with one attached hydrogen (secondary N) is 1. The van der Waals surface area contributed by atoms with Crippen LogP contribution in [0.4, 0.5) is 0 Å². The minimum absolute atomic E-state index is 0.708. The van der Waals surface area contributed by atoms with E-state index in [2.05, 4.69) is 52.6 Å². The van der Waals surface area contributed by atoms with Gasteiger partial charge in [-0.05, 0) is 23.5 Å². The Morgan fingerprint density at radius 2 is 1.92 bits per heavy atom. The molecule has 0 amide bonds. The van der Waals surface area contributed by atoms with Crippen molar-refractivity contribution in [1.29, 1.82) is 0 Å². The number of H-pyrrole nitrogens is 1. The van der Waals surface area contributed by atoms with Gasteiger partial charge in [-0.1, -0.05) is 55.5 Å². The Balaban J connectivity index is 1.87. The number of para-hydroxylation sites is 1. The average molecular weight is 350 g/mol. The first-order valence-corrected chi connectivity index (χ1v) is 9.51. The Morgan fingerprint density at radius 3 is 2.68 bits per heavy atom. The summed E-state index contributed by atoms with van der Waals surface area (Å²) in [6, 6.07) is 18.6. The number of rotatable bonds is 8. The molecule has 0 unspecified atom stereocenters. The Morgan fingerprint density at radius 1 is 1.12 bits per heavy atom. The molecule has 4 heteroatoms. The molecule has 3 aromatic rings. The van der Waals surface area contributed by atoms with Crippen LogP contribution in [0.1, 0.15) is 30.3 Å². The van der Waals surface area contributed by atoms with E-state index in [1.165, 1.54) is 5.56 Å². The lowest BCUT2D eigenvalue weighted by Gasteiger charge is -2.12. The van der Waals surface area contributed by atoms with Crippen LogP contribution in [0.25, 0.3) is 5.57 Å². The molecule has 0 radical (unpaired) electrons. The molecule has 25 heavy (non-hydrogen) atoms. The maximum absolute atomic E-state index is 5.94. The summed E-state index contributed by atoms with van der Waals surface area (Å²) in [6.45, 7) is 2.82. The molecule has 3 rings (SSSR count). The largest absolute Gasteiger partial charge is 0.493 e. The average Bonchev–Trinajstić information content (AvgIpc) is 3.19. The fourth-order valence-electron chi connectivity index (χ4n) is 2.48. The molecule has 0 spiro atoms. The Hall–Kier alpha value is -2.46. The van der Waals surface area contributed by atoms with Gasteiger partial charge in [0, 0.05) is 29.3 Å². The van der Waals surface area contributed by atoms with Crippen molar-refractivity contribution in [3.8, 4) is 5.75 Å². The molecule has 0 saturated carbocycles. The monoisotopic (exact) mass is 350 g/mol. The number of ether oxygens (including phenoxy) is 1. The van der Waals surface area contributed by atoms with E-state index in [0.717, 1.165) is 34.9 Å². The van der Waals surface area contributed by atoms with Crippen molar-refractivity contribution in [3.63, 3.8) is 0 Å². The van der Waals surface area contributed by atoms with E-state index in [9.17, 15) is 0 Å². The van der Waals surface area contributed by atoms with Gasteiger partial charge in [-0.2, -0.15) is 0 Å². The maximum Gasteiger partial charge on any atom is 0.138 e. The maximum atomic E-state index is 5.94. The van der Waals surface area contributed by atoms with E-state index in [0.29, 0.717) is 6.61 Å². The van der Waals surface area contributed by atoms with Crippen LogP contribution in [0.2, 0.25) is 0 Å². The molecule has 0 saturated heterocycles. The van der Waals surface area contributed by atoms with Crippen LogP contribution in [0, 0.1) is 0 Å². The first-order chi connectivity index (χ1) is 12.4. The normalized spacial score (nSPS) is 11.5. The molecule has 1 heterocycles. The third kappa shape index (κ3) is 4.77. The van der Waals surface area contributed by atoms with Crippen LogP contribution in [0.3, 0.4) is 0 Å². The lowest BCUT2D eigenvalue weighted by molar-refractivity contribution is 0.316. The molecule has 1 aromatic heterocycles. The van der Waals surface area contributed by atoms with Crippen molar-refractivity contribution >= 4 is 17.3 Å². The third-order valence-electron chi connectivity index (χ3n) is 3.69. The van der Waals surface area contributed by atoms with Crippen molar-refractivity contribution < 1.29 is 4.74 Å². The van der Waals surface area contributed by atoms with Crippen LogP contribution in [-0.2, 0) is 5.75 Å². The number of aromatic amines is 1. The quantitative estimate of drug-likeness (QED) is 0.581. The number of benzene rings is 2. The van der Waals surface area contributed by atoms with E-state index >= 15 is 0 Å². The summed E-state index contributed by atoms with van der Waals surface area (Å²) in [7, 11) is 0. The summed E-state index contributed by atoms with van der Waals surface area (Å²) in [5.41, 5.74) is 3.42. The number of nitrogens with zero attached hydrogens (tertiary/aromatic N) is 1. The molecule has 0 aliphatic carbocycles. The molecule has 0 aliphatic rings. The second kappa shape index (κ2) is 9.14. The topological polar surface area (TPSA) is 37.9 Å². The Bertz CT molecular complexity index is 798. The number of thioether (sulfide) groups is 1. The second-order valence-corrected chi connectivity index (χ2v) is 6.47. The standard InChI is InChI=1S/C21H22N2OS/c1-2-14-24-20-11-7-6-10-18(20)19(21-22-12-13-23-21)16-25-15-17-8-4-3-5-9-17/h3-13,16H,2,14-15H2,1H3,(H,22,23). The van der Waals surface area contributed by atoms with Gasteiger partial charge >= 0.3 is 0 Å². The van der Waals surface area contributed by atoms with Gasteiger partial charge in [0.25, 0.3) is 0 Å². The lowest BCUT2D eigenvalue weighted by Crippen LogP contribution is -2.00. The van der Waals surface area contributed by atoms with Gasteiger partial charge in [0.1, 0.15) is 11.6 Å². The zero-order valence-corrected chi connectivity index (χ0v) is 15.1. The molecular weight excluding hydrogens is 328 g/mol. The van der Waals surface area contributed by atoms with Gasteiger partial charge in [-0.3, -0.25) is 0 Å². The van der Waals surface area contributed by atoms with Crippen molar-refractivity contribution in [2.24, 2.45) is 0 Å². The summed E-state index contributed by atoms with van der Waals surface area (Å²) >= 11 is 1.76. The molecular formula is C21H22N2OS. The van der Waals surface area contributed by atoms with Gasteiger partial charge in [-0.25, -0.2) is 4.98 Å². The minimum atomic E-state index is 0.708.